The smallest absolute Gasteiger partial charge is 0.254 e. The zero-order valence-electron chi connectivity index (χ0n) is 15.1. The van der Waals surface area contributed by atoms with Crippen LogP contribution in [0.5, 0.6) is 0 Å². The largest absolute Gasteiger partial charge is 0.371 e. The maximum absolute atomic E-state index is 13.6. The molecule has 2 amide bonds. The van der Waals surface area contributed by atoms with E-state index in [-0.39, 0.29) is 24.2 Å². The molecule has 1 aromatic carbocycles. The van der Waals surface area contributed by atoms with Crippen LogP contribution in [0.25, 0.3) is 11.4 Å². The van der Waals surface area contributed by atoms with Gasteiger partial charge in [-0.1, -0.05) is 12.1 Å². The number of nitrogens with one attached hydrogen (secondary N) is 1. The maximum Gasteiger partial charge on any atom is 0.254 e. The van der Waals surface area contributed by atoms with Crippen LogP contribution in [0.1, 0.15) is 36.0 Å². The summed E-state index contributed by atoms with van der Waals surface area (Å²) in [5, 5.41) is 2.67. The first-order valence-corrected chi connectivity index (χ1v) is 8.89. The summed E-state index contributed by atoms with van der Waals surface area (Å²) >= 11 is 0. The molecule has 142 valence electrons. The number of piperidine rings is 1. The molecule has 1 fully saturated rings. The highest BCUT2D eigenvalue weighted by Gasteiger charge is 2.28. The lowest BCUT2D eigenvalue weighted by Gasteiger charge is -2.35. The highest BCUT2D eigenvalue weighted by Crippen LogP contribution is 2.24. The van der Waals surface area contributed by atoms with Crippen molar-refractivity contribution in [3.8, 4) is 11.4 Å². The van der Waals surface area contributed by atoms with Gasteiger partial charge in [0.1, 0.15) is 0 Å². The molecule has 0 spiro atoms. The number of anilines is 1. The maximum atomic E-state index is 13.6. The SMILES string of the molecule is CNc1nc(-c2cccc(C(=O)N3CCCCC3CC(N)=O)c2)ncc1F. The van der Waals surface area contributed by atoms with Gasteiger partial charge in [0.15, 0.2) is 17.5 Å². The molecule has 3 N–H and O–H groups in total. The molecular weight excluding hydrogens is 349 g/mol. The first-order chi connectivity index (χ1) is 13.0. The van der Waals surface area contributed by atoms with E-state index in [0.29, 0.717) is 23.5 Å². The molecule has 2 aromatic rings. The van der Waals surface area contributed by atoms with E-state index in [1.807, 2.05) is 0 Å². The van der Waals surface area contributed by atoms with Gasteiger partial charge in [-0.2, -0.15) is 0 Å². The lowest BCUT2D eigenvalue weighted by atomic mass is 9.97. The van der Waals surface area contributed by atoms with Crippen molar-refractivity contribution >= 4 is 17.6 Å². The minimum absolute atomic E-state index is 0.0919. The standard InChI is InChI=1S/C19H22FN5O2/c1-22-18-15(20)11-23-17(24-18)12-5-4-6-13(9-12)19(27)25-8-3-2-7-14(25)10-16(21)26/h4-6,9,11,14H,2-3,7-8,10H2,1H3,(H2,21,26)(H,22,23,24). The van der Waals surface area contributed by atoms with Crippen LogP contribution in [0.2, 0.25) is 0 Å². The molecule has 0 radical (unpaired) electrons. The van der Waals surface area contributed by atoms with Crippen molar-refractivity contribution in [2.45, 2.75) is 31.7 Å². The van der Waals surface area contributed by atoms with Crippen molar-refractivity contribution in [2.24, 2.45) is 5.73 Å². The normalized spacial score (nSPS) is 16.8. The van der Waals surface area contributed by atoms with Gasteiger partial charge < -0.3 is 16.0 Å². The zero-order valence-corrected chi connectivity index (χ0v) is 15.1. The molecule has 2 heterocycles. The van der Waals surface area contributed by atoms with Crippen LogP contribution in [0.3, 0.4) is 0 Å². The first-order valence-electron chi connectivity index (χ1n) is 8.89. The van der Waals surface area contributed by atoms with Crippen LogP contribution in [0, 0.1) is 5.82 Å². The number of carbonyl (C=O) groups is 2. The number of carbonyl (C=O) groups excluding carboxylic acids is 2. The highest BCUT2D eigenvalue weighted by atomic mass is 19.1. The van der Waals surface area contributed by atoms with Crippen molar-refractivity contribution in [1.29, 1.82) is 0 Å². The molecule has 3 rings (SSSR count). The summed E-state index contributed by atoms with van der Waals surface area (Å²) in [7, 11) is 1.57. The van der Waals surface area contributed by atoms with Crippen molar-refractivity contribution < 1.29 is 14.0 Å². The van der Waals surface area contributed by atoms with Gasteiger partial charge >= 0.3 is 0 Å². The molecule has 0 bridgehead atoms. The molecule has 1 saturated heterocycles. The molecule has 8 heteroatoms. The number of aromatic nitrogens is 2. The van der Waals surface area contributed by atoms with Crippen molar-refractivity contribution in [2.75, 3.05) is 18.9 Å². The van der Waals surface area contributed by atoms with Crippen LogP contribution in [-0.4, -0.2) is 46.3 Å². The van der Waals surface area contributed by atoms with Gasteiger partial charge in [-0.15, -0.1) is 0 Å². The lowest BCUT2D eigenvalue weighted by Crippen LogP contribution is -2.45. The first kappa shape index (κ1) is 18.8. The highest BCUT2D eigenvalue weighted by molar-refractivity contribution is 5.96. The molecule has 1 aromatic heterocycles. The number of primary amides is 1. The second kappa shape index (κ2) is 8.11. The van der Waals surface area contributed by atoms with E-state index in [9.17, 15) is 14.0 Å². The molecule has 0 saturated carbocycles. The Labute approximate surface area is 156 Å². The molecule has 0 aliphatic carbocycles. The quantitative estimate of drug-likeness (QED) is 0.839. The summed E-state index contributed by atoms with van der Waals surface area (Å²) in [5.74, 6) is -0.695. The Morgan fingerprint density at radius 2 is 2.19 bits per heavy atom. The predicted octanol–water partition coefficient (Wildman–Crippen LogP) is 2.19. The van der Waals surface area contributed by atoms with E-state index < -0.39 is 11.7 Å². The number of likely N-dealkylation sites (tertiary alicyclic amines) is 1. The Hall–Kier alpha value is -3.03. The van der Waals surface area contributed by atoms with Gasteiger partial charge in [-0.05, 0) is 31.4 Å². The number of benzene rings is 1. The summed E-state index contributed by atoms with van der Waals surface area (Å²) in [6.07, 6.45) is 3.89. The van der Waals surface area contributed by atoms with Gasteiger partial charge in [-0.3, -0.25) is 9.59 Å². The van der Waals surface area contributed by atoms with E-state index in [4.69, 9.17) is 5.73 Å². The van der Waals surface area contributed by atoms with Gasteiger partial charge in [0.2, 0.25) is 5.91 Å². The van der Waals surface area contributed by atoms with E-state index in [0.717, 1.165) is 25.5 Å². The summed E-state index contributed by atoms with van der Waals surface area (Å²) in [5.41, 5.74) is 6.42. The van der Waals surface area contributed by atoms with E-state index >= 15 is 0 Å². The lowest BCUT2D eigenvalue weighted by molar-refractivity contribution is -0.119. The Balaban J connectivity index is 1.88. The summed E-state index contributed by atoms with van der Waals surface area (Å²) in [4.78, 5) is 34.2. The van der Waals surface area contributed by atoms with Crippen LogP contribution < -0.4 is 11.1 Å². The summed E-state index contributed by atoms with van der Waals surface area (Å²) < 4.78 is 13.6. The number of amides is 2. The van der Waals surface area contributed by atoms with Crippen LogP contribution in [-0.2, 0) is 4.79 Å². The fourth-order valence-corrected chi connectivity index (χ4v) is 3.35. The number of rotatable bonds is 5. The Kier molecular flexibility index (Phi) is 5.63. The second-order valence-electron chi connectivity index (χ2n) is 6.54. The zero-order chi connectivity index (χ0) is 19.4. The minimum atomic E-state index is -0.545. The molecule has 1 aliphatic rings. The number of hydrogen-bond acceptors (Lipinski definition) is 5. The Morgan fingerprint density at radius 3 is 2.93 bits per heavy atom. The topological polar surface area (TPSA) is 101 Å². The molecule has 7 nitrogen and oxygen atoms in total. The van der Waals surface area contributed by atoms with Gasteiger partial charge in [-0.25, -0.2) is 14.4 Å². The third-order valence-corrected chi connectivity index (χ3v) is 4.67. The average Bonchev–Trinajstić information content (AvgIpc) is 2.68. The minimum Gasteiger partial charge on any atom is -0.371 e. The average molecular weight is 371 g/mol. The monoisotopic (exact) mass is 371 g/mol. The fourth-order valence-electron chi connectivity index (χ4n) is 3.35. The molecule has 1 aliphatic heterocycles. The summed E-state index contributed by atoms with van der Waals surface area (Å²) in [6.45, 7) is 0.595. The molecule has 1 atom stereocenters. The second-order valence-corrected chi connectivity index (χ2v) is 6.54. The van der Waals surface area contributed by atoms with Crippen LogP contribution in [0.15, 0.2) is 30.5 Å². The van der Waals surface area contributed by atoms with E-state index in [2.05, 4.69) is 15.3 Å². The van der Waals surface area contributed by atoms with Crippen molar-refractivity contribution in [1.82, 2.24) is 14.9 Å². The van der Waals surface area contributed by atoms with E-state index in [1.54, 1.807) is 36.2 Å². The number of nitrogens with zero attached hydrogens (tertiary/aromatic N) is 3. The number of hydrogen-bond donors (Lipinski definition) is 2. The van der Waals surface area contributed by atoms with Crippen LogP contribution >= 0.6 is 0 Å². The third kappa shape index (κ3) is 4.21. The Morgan fingerprint density at radius 1 is 1.37 bits per heavy atom. The fraction of sp³-hybridized carbons (Fsp3) is 0.368. The summed E-state index contributed by atoms with van der Waals surface area (Å²) in [6, 6.07) is 6.72. The van der Waals surface area contributed by atoms with Crippen LogP contribution in [0.4, 0.5) is 10.2 Å². The van der Waals surface area contributed by atoms with Crippen molar-refractivity contribution in [3.63, 3.8) is 0 Å². The molecule has 1 unspecified atom stereocenters. The molecule has 27 heavy (non-hydrogen) atoms. The van der Waals surface area contributed by atoms with Crippen molar-refractivity contribution in [3.05, 3.63) is 41.8 Å². The number of nitrogens with two attached hydrogens (primary N) is 1. The van der Waals surface area contributed by atoms with Gasteiger partial charge in [0.25, 0.3) is 5.91 Å². The van der Waals surface area contributed by atoms with Gasteiger partial charge in [0.05, 0.1) is 6.20 Å². The molecular formula is C19H22FN5O2. The Bertz CT molecular complexity index is 858. The van der Waals surface area contributed by atoms with E-state index in [1.165, 1.54) is 0 Å². The number of halogens is 1. The predicted molar refractivity (Wildman–Crippen MR) is 99.5 cm³/mol. The van der Waals surface area contributed by atoms with Gasteiger partial charge in [0, 0.05) is 37.2 Å². The third-order valence-electron chi connectivity index (χ3n) is 4.67.